The van der Waals surface area contributed by atoms with Crippen molar-refractivity contribution in [1.82, 2.24) is 15.1 Å². The minimum atomic E-state index is -0.309. The molecule has 2 fully saturated rings. The van der Waals surface area contributed by atoms with Crippen molar-refractivity contribution in [3.8, 4) is 5.75 Å². The van der Waals surface area contributed by atoms with Crippen molar-refractivity contribution in [3.05, 3.63) is 23.8 Å². The van der Waals surface area contributed by atoms with Crippen molar-refractivity contribution in [2.24, 2.45) is 0 Å². The van der Waals surface area contributed by atoms with E-state index in [1.54, 1.807) is 37.1 Å². The Balaban J connectivity index is 1.32. The van der Waals surface area contributed by atoms with Crippen molar-refractivity contribution in [3.63, 3.8) is 0 Å². The maximum atomic E-state index is 13.3. The molecular formula is C26H38N4O5. The van der Waals surface area contributed by atoms with Crippen LogP contribution in [0.4, 0.5) is 5.69 Å². The van der Waals surface area contributed by atoms with Gasteiger partial charge in [0.1, 0.15) is 18.5 Å². The summed E-state index contributed by atoms with van der Waals surface area (Å²) in [6.45, 7) is 5.87. The highest BCUT2D eigenvalue weighted by Gasteiger charge is 2.39. The van der Waals surface area contributed by atoms with Gasteiger partial charge in [-0.15, -0.1) is 0 Å². The Bertz CT molecular complexity index is 917. The summed E-state index contributed by atoms with van der Waals surface area (Å²) in [7, 11) is 1.78. The monoisotopic (exact) mass is 486 g/mol. The lowest BCUT2D eigenvalue weighted by Crippen LogP contribution is -2.54. The molecule has 9 heteroatoms. The predicted molar refractivity (Wildman–Crippen MR) is 133 cm³/mol. The molecule has 1 aromatic rings. The number of benzene rings is 1. The molecule has 2 saturated heterocycles. The van der Waals surface area contributed by atoms with Gasteiger partial charge in [0.05, 0.1) is 24.1 Å². The predicted octanol–water partition coefficient (Wildman–Crippen LogP) is 2.41. The van der Waals surface area contributed by atoms with Crippen LogP contribution < -0.4 is 15.4 Å². The first-order valence-corrected chi connectivity index (χ1v) is 12.9. The largest absolute Gasteiger partial charge is 0.490 e. The molecule has 0 aliphatic carbocycles. The summed E-state index contributed by atoms with van der Waals surface area (Å²) in [5.74, 6) is 0.198. The van der Waals surface area contributed by atoms with Crippen molar-refractivity contribution >= 4 is 23.4 Å². The Morgan fingerprint density at radius 1 is 1.11 bits per heavy atom. The number of hydrogen-bond donors (Lipinski definition) is 2. The number of nitrogens with one attached hydrogen (secondary N) is 2. The number of rotatable bonds is 7. The van der Waals surface area contributed by atoms with Crippen LogP contribution in [0.5, 0.6) is 5.75 Å². The van der Waals surface area contributed by atoms with Crippen LogP contribution in [0.1, 0.15) is 62.2 Å². The van der Waals surface area contributed by atoms with Crippen molar-refractivity contribution < 1.29 is 23.9 Å². The standard InChI is InChI=1S/C26H38N4O5/c1-3-24(31)28-18-7-10-22-20(15-18)26(33)29(2)21-9-8-19(35-23(21)17-34-22)16-25(32)27-11-14-30-12-5-4-6-13-30/h7,10,15,19,21,23H,3-6,8-9,11-14,16-17H2,1-2H3,(H,27,32)(H,28,31)/t19-,21-,23+/m1/s1. The van der Waals surface area contributed by atoms with Gasteiger partial charge in [-0.25, -0.2) is 0 Å². The van der Waals surface area contributed by atoms with Crippen LogP contribution in [-0.2, 0) is 14.3 Å². The minimum absolute atomic E-state index is 0.00801. The van der Waals surface area contributed by atoms with Gasteiger partial charge < -0.3 is 29.9 Å². The summed E-state index contributed by atoms with van der Waals surface area (Å²) in [5.41, 5.74) is 0.999. The Morgan fingerprint density at radius 3 is 2.69 bits per heavy atom. The third kappa shape index (κ3) is 6.52. The van der Waals surface area contributed by atoms with Gasteiger partial charge in [-0.3, -0.25) is 14.4 Å². The third-order valence-corrected chi connectivity index (χ3v) is 7.23. The maximum Gasteiger partial charge on any atom is 0.257 e. The van der Waals surface area contributed by atoms with Crippen LogP contribution in [0, 0.1) is 0 Å². The Kier molecular flexibility index (Phi) is 8.62. The molecule has 0 spiro atoms. The molecule has 9 nitrogen and oxygen atoms in total. The van der Waals surface area contributed by atoms with Gasteiger partial charge in [-0.05, 0) is 57.0 Å². The Hall–Kier alpha value is -2.65. The first-order chi connectivity index (χ1) is 16.9. The van der Waals surface area contributed by atoms with Crippen LogP contribution in [0.25, 0.3) is 0 Å². The van der Waals surface area contributed by atoms with Crippen LogP contribution in [-0.4, -0.2) is 85.6 Å². The number of carbonyl (C=O) groups is 3. The summed E-state index contributed by atoms with van der Waals surface area (Å²) in [4.78, 5) is 41.7. The second-order valence-corrected chi connectivity index (χ2v) is 9.74. The number of likely N-dealkylation sites (N-methyl/N-ethyl adjacent to an activating group) is 1. The highest BCUT2D eigenvalue weighted by molar-refractivity contribution is 5.99. The SMILES string of the molecule is CCC(=O)Nc1ccc2c(c1)C(=O)N(C)[C@@H]1CC[C@H](CC(=O)NCCN3CCCCC3)O[C@H]1CO2. The molecule has 3 amide bonds. The number of nitrogens with zero attached hydrogens (tertiary/aromatic N) is 2. The van der Waals surface area contributed by atoms with Gasteiger partial charge in [0.25, 0.3) is 5.91 Å². The number of hydrogen-bond acceptors (Lipinski definition) is 6. The van der Waals surface area contributed by atoms with E-state index < -0.39 is 0 Å². The molecule has 0 bridgehead atoms. The van der Waals surface area contributed by atoms with E-state index >= 15 is 0 Å². The molecule has 3 heterocycles. The first kappa shape index (κ1) is 25.4. The quantitative estimate of drug-likeness (QED) is 0.614. The van der Waals surface area contributed by atoms with Gasteiger partial charge in [-0.2, -0.15) is 0 Å². The van der Waals surface area contributed by atoms with Crippen LogP contribution in [0.3, 0.4) is 0 Å². The molecule has 3 aliphatic heterocycles. The zero-order chi connectivity index (χ0) is 24.8. The molecule has 0 saturated carbocycles. The van der Waals surface area contributed by atoms with Crippen molar-refractivity contribution in [2.45, 2.75) is 70.1 Å². The average molecular weight is 487 g/mol. The lowest BCUT2D eigenvalue weighted by Gasteiger charge is -2.42. The zero-order valence-corrected chi connectivity index (χ0v) is 20.9. The van der Waals surface area contributed by atoms with E-state index in [-0.39, 0.29) is 36.0 Å². The molecule has 192 valence electrons. The average Bonchev–Trinajstić information content (AvgIpc) is 2.87. The van der Waals surface area contributed by atoms with Gasteiger partial charge in [-0.1, -0.05) is 13.3 Å². The Labute approximate surface area is 207 Å². The second kappa shape index (κ2) is 11.9. The van der Waals surface area contributed by atoms with Crippen LogP contribution in [0.2, 0.25) is 0 Å². The smallest absolute Gasteiger partial charge is 0.257 e. The van der Waals surface area contributed by atoms with E-state index in [0.29, 0.717) is 49.4 Å². The van der Waals surface area contributed by atoms with Gasteiger partial charge in [0, 0.05) is 32.2 Å². The number of likely N-dealkylation sites (tertiary alicyclic amines) is 1. The number of carbonyl (C=O) groups excluding carboxylic acids is 3. The zero-order valence-electron chi connectivity index (χ0n) is 20.9. The molecule has 1 aromatic carbocycles. The normalized spacial score (nSPS) is 24.9. The number of piperidine rings is 1. The molecular weight excluding hydrogens is 448 g/mol. The van der Waals surface area contributed by atoms with Gasteiger partial charge in [0.15, 0.2) is 0 Å². The van der Waals surface area contributed by atoms with Crippen LogP contribution in [0.15, 0.2) is 18.2 Å². The lowest BCUT2D eigenvalue weighted by atomic mass is 9.94. The molecule has 3 atom stereocenters. The maximum absolute atomic E-state index is 13.3. The summed E-state index contributed by atoms with van der Waals surface area (Å²) >= 11 is 0. The molecule has 4 rings (SSSR count). The number of anilines is 1. The highest BCUT2D eigenvalue weighted by Crippen LogP contribution is 2.32. The number of fused-ring (bicyclic) bond motifs is 2. The van der Waals surface area contributed by atoms with Crippen molar-refractivity contribution in [2.75, 3.05) is 45.2 Å². The molecule has 3 aliphatic rings. The molecule has 35 heavy (non-hydrogen) atoms. The van der Waals surface area contributed by atoms with Gasteiger partial charge in [0.2, 0.25) is 11.8 Å². The summed E-state index contributed by atoms with van der Waals surface area (Å²) in [5, 5.41) is 5.83. The fraction of sp³-hybridized carbons (Fsp3) is 0.654. The van der Waals surface area contributed by atoms with E-state index in [4.69, 9.17) is 9.47 Å². The van der Waals surface area contributed by atoms with Gasteiger partial charge >= 0.3 is 0 Å². The second-order valence-electron chi connectivity index (χ2n) is 9.74. The van der Waals surface area contributed by atoms with E-state index in [9.17, 15) is 14.4 Å². The van der Waals surface area contributed by atoms with E-state index in [1.807, 2.05) is 0 Å². The third-order valence-electron chi connectivity index (χ3n) is 7.23. The lowest BCUT2D eigenvalue weighted by molar-refractivity contribution is -0.134. The first-order valence-electron chi connectivity index (χ1n) is 12.9. The molecule has 0 unspecified atom stereocenters. The molecule has 0 radical (unpaired) electrons. The van der Waals surface area contributed by atoms with E-state index in [0.717, 1.165) is 26.1 Å². The summed E-state index contributed by atoms with van der Waals surface area (Å²) in [6, 6.07) is 4.98. The molecule has 2 N–H and O–H groups in total. The van der Waals surface area contributed by atoms with E-state index in [2.05, 4.69) is 15.5 Å². The fourth-order valence-corrected chi connectivity index (χ4v) is 5.17. The van der Waals surface area contributed by atoms with E-state index in [1.165, 1.54) is 19.3 Å². The fourth-order valence-electron chi connectivity index (χ4n) is 5.17. The Morgan fingerprint density at radius 2 is 1.91 bits per heavy atom. The van der Waals surface area contributed by atoms with Crippen LogP contribution >= 0.6 is 0 Å². The van der Waals surface area contributed by atoms with Crippen molar-refractivity contribution in [1.29, 1.82) is 0 Å². The molecule has 0 aromatic heterocycles. The summed E-state index contributed by atoms with van der Waals surface area (Å²) < 4.78 is 12.3. The minimum Gasteiger partial charge on any atom is -0.490 e. The summed E-state index contributed by atoms with van der Waals surface area (Å²) in [6.07, 6.45) is 5.41. The number of amides is 3. The topological polar surface area (TPSA) is 100 Å². The number of ether oxygens (including phenoxy) is 2. The highest BCUT2D eigenvalue weighted by atomic mass is 16.5.